The average molecular weight is 331 g/mol. The van der Waals surface area contributed by atoms with Crippen LogP contribution in [0.3, 0.4) is 0 Å². The van der Waals surface area contributed by atoms with Crippen molar-refractivity contribution in [3.8, 4) is 11.5 Å². The van der Waals surface area contributed by atoms with Crippen molar-refractivity contribution >= 4 is 11.7 Å². The van der Waals surface area contributed by atoms with Crippen LogP contribution in [0.15, 0.2) is 42.5 Å². The fourth-order valence-corrected chi connectivity index (χ4v) is 2.14. The van der Waals surface area contributed by atoms with Crippen molar-refractivity contribution in [1.29, 1.82) is 0 Å². The lowest BCUT2D eigenvalue weighted by molar-refractivity contribution is 0.0697. The van der Waals surface area contributed by atoms with Gasteiger partial charge in [-0.15, -0.1) is 0 Å². The van der Waals surface area contributed by atoms with Crippen molar-refractivity contribution in [3.63, 3.8) is 0 Å². The van der Waals surface area contributed by atoms with E-state index in [2.05, 4.69) is 5.32 Å². The van der Waals surface area contributed by atoms with Gasteiger partial charge in [0, 0.05) is 12.2 Å². The van der Waals surface area contributed by atoms with Gasteiger partial charge in [0.25, 0.3) is 0 Å². The molecule has 0 atom stereocenters. The Bertz CT molecular complexity index is 670. The van der Waals surface area contributed by atoms with Gasteiger partial charge in [-0.2, -0.15) is 0 Å². The summed E-state index contributed by atoms with van der Waals surface area (Å²) in [6.07, 6.45) is 0. The standard InChI is InChI=1S/C18H21NO5/c1-2-23-17-11-13(3-8-16(17)24-10-9-20)12-19-15-6-4-14(5-7-15)18(21)22/h3-8,11,19-20H,2,9-10,12H2,1H3,(H,21,22). The number of carboxylic acid groups (broad SMARTS) is 1. The molecule has 6 heteroatoms. The van der Waals surface area contributed by atoms with Gasteiger partial charge >= 0.3 is 5.97 Å². The van der Waals surface area contributed by atoms with Crippen LogP contribution < -0.4 is 14.8 Å². The van der Waals surface area contributed by atoms with Crippen molar-refractivity contribution in [2.45, 2.75) is 13.5 Å². The summed E-state index contributed by atoms with van der Waals surface area (Å²) < 4.78 is 11.0. The van der Waals surface area contributed by atoms with E-state index >= 15 is 0 Å². The van der Waals surface area contributed by atoms with E-state index in [4.69, 9.17) is 19.7 Å². The molecule has 6 nitrogen and oxygen atoms in total. The molecule has 0 unspecified atom stereocenters. The molecule has 0 aliphatic carbocycles. The molecule has 2 aromatic carbocycles. The second-order valence-corrected chi connectivity index (χ2v) is 5.02. The van der Waals surface area contributed by atoms with Crippen LogP contribution in [-0.2, 0) is 6.54 Å². The van der Waals surface area contributed by atoms with Crippen molar-refractivity contribution < 1.29 is 24.5 Å². The highest BCUT2D eigenvalue weighted by molar-refractivity contribution is 5.87. The molecular formula is C18H21NO5. The van der Waals surface area contributed by atoms with Gasteiger partial charge in [0.15, 0.2) is 11.5 Å². The van der Waals surface area contributed by atoms with Crippen LogP contribution in [0.1, 0.15) is 22.8 Å². The Morgan fingerprint density at radius 1 is 1.08 bits per heavy atom. The Morgan fingerprint density at radius 2 is 1.83 bits per heavy atom. The summed E-state index contributed by atoms with van der Waals surface area (Å²) in [7, 11) is 0. The summed E-state index contributed by atoms with van der Waals surface area (Å²) in [4.78, 5) is 10.8. The van der Waals surface area contributed by atoms with Crippen LogP contribution >= 0.6 is 0 Å². The molecule has 0 aliphatic heterocycles. The predicted octanol–water partition coefficient (Wildman–Crippen LogP) is 2.77. The molecule has 0 heterocycles. The Balaban J connectivity index is 2.03. The van der Waals surface area contributed by atoms with Gasteiger partial charge in [-0.1, -0.05) is 6.07 Å². The SMILES string of the molecule is CCOc1cc(CNc2ccc(C(=O)O)cc2)ccc1OCCO. The number of carbonyl (C=O) groups is 1. The van der Waals surface area contributed by atoms with Crippen LogP contribution in [0.25, 0.3) is 0 Å². The lowest BCUT2D eigenvalue weighted by Crippen LogP contribution is -2.05. The first kappa shape index (κ1) is 17.6. The first-order chi connectivity index (χ1) is 11.6. The van der Waals surface area contributed by atoms with Crippen molar-refractivity contribution in [1.82, 2.24) is 0 Å². The van der Waals surface area contributed by atoms with E-state index in [0.29, 0.717) is 24.7 Å². The number of nitrogens with one attached hydrogen (secondary N) is 1. The van der Waals surface area contributed by atoms with Gasteiger partial charge in [-0.25, -0.2) is 4.79 Å². The van der Waals surface area contributed by atoms with E-state index in [-0.39, 0.29) is 18.8 Å². The molecule has 0 aliphatic rings. The topological polar surface area (TPSA) is 88.0 Å². The molecule has 0 saturated carbocycles. The Labute approximate surface area is 140 Å². The van der Waals surface area contributed by atoms with Crippen LogP contribution in [-0.4, -0.2) is 36.0 Å². The third-order valence-corrected chi connectivity index (χ3v) is 3.29. The molecular weight excluding hydrogens is 310 g/mol. The summed E-state index contributed by atoms with van der Waals surface area (Å²) in [5.74, 6) is 0.285. The first-order valence-corrected chi connectivity index (χ1v) is 7.70. The quantitative estimate of drug-likeness (QED) is 0.655. The number of anilines is 1. The van der Waals surface area contributed by atoms with Crippen molar-refractivity contribution in [2.24, 2.45) is 0 Å². The highest BCUT2D eigenvalue weighted by Gasteiger charge is 2.07. The van der Waals surface area contributed by atoms with E-state index < -0.39 is 5.97 Å². The number of hydrogen-bond acceptors (Lipinski definition) is 5. The molecule has 2 rings (SSSR count). The number of aliphatic hydroxyl groups is 1. The number of ether oxygens (including phenoxy) is 2. The first-order valence-electron chi connectivity index (χ1n) is 7.70. The van der Waals surface area contributed by atoms with E-state index in [9.17, 15) is 4.79 Å². The highest BCUT2D eigenvalue weighted by atomic mass is 16.5. The second kappa shape index (κ2) is 8.79. The summed E-state index contributed by atoms with van der Waals surface area (Å²) in [6, 6.07) is 12.2. The minimum absolute atomic E-state index is 0.0544. The summed E-state index contributed by atoms with van der Waals surface area (Å²) >= 11 is 0. The fourth-order valence-electron chi connectivity index (χ4n) is 2.14. The van der Waals surface area contributed by atoms with Gasteiger partial charge in [0.05, 0.1) is 18.8 Å². The number of carboxylic acids is 1. The van der Waals surface area contributed by atoms with E-state index in [0.717, 1.165) is 11.3 Å². The maximum atomic E-state index is 10.8. The molecule has 0 fully saturated rings. The van der Waals surface area contributed by atoms with E-state index in [1.165, 1.54) is 0 Å². The monoisotopic (exact) mass is 331 g/mol. The molecule has 0 amide bonds. The van der Waals surface area contributed by atoms with Gasteiger partial charge in [0.2, 0.25) is 0 Å². The molecule has 0 bridgehead atoms. The third-order valence-electron chi connectivity index (χ3n) is 3.29. The fraction of sp³-hybridized carbons (Fsp3) is 0.278. The summed E-state index contributed by atoms with van der Waals surface area (Å²) in [5.41, 5.74) is 2.08. The van der Waals surface area contributed by atoms with Crippen LogP contribution in [0.2, 0.25) is 0 Å². The minimum Gasteiger partial charge on any atom is -0.490 e. The third kappa shape index (κ3) is 4.89. The normalized spacial score (nSPS) is 10.2. The number of rotatable bonds is 9. The zero-order chi connectivity index (χ0) is 17.4. The number of aromatic carboxylic acids is 1. The maximum Gasteiger partial charge on any atom is 0.335 e. The summed E-state index contributed by atoms with van der Waals surface area (Å²) in [6.45, 7) is 3.13. The molecule has 24 heavy (non-hydrogen) atoms. The lowest BCUT2D eigenvalue weighted by atomic mass is 10.1. The van der Waals surface area contributed by atoms with Gasteiger partial charge in [-0.05, 0) is 48.9 Å². The molecule has 0 spiro atoms. The zero-order valence-corrected chi connectivity index (χ0v) is 13.5. The number of aliphatic hydroxyl groups excluding tert-OH is 1. The Kier molecular flexibility index (Phi) is 6.45. The molecule has 3 N–H and O–H groups in total. The predicted molar refractivity (Wildman–Crippen MR) is 90.9 cm³/mol. The van der Waals surface area contributed by atoms with Crippen molar-refractivity contribution in [3.05, 3.63) is 53.6 Å². The van der Waals surface area contributed by atoms with Crippen LogP contribution in [0.5, 0.6) is 11.5 Å². The van der Waals surface area contributed by atoms with Gasteiger partial charge < -0.3 is 25.0 Å². The van der Waals surface area contributed by atoms with E-state index in [1.807, 2.05) is 25.1 Å². The van der Waals surface area contributed by atoms with Gasteiger partial charge in [-0.3, -0.25) is 0 Å². The maximum absolute atomic E-state index is 10.8. The Hall–Kier alpha value is -2.73. The molecule has 0 radical (unpaired) electrons. The second-order valence-electron chi connectivity index (χ2n) is 5.02. The zero-order valence-electron chi connectivity index (χ0n) is 13.5. The average Bonchev–Trinajstić information content (AvgIpc) is 2.59. The number of benzene rings is 2. The highest BCUT2D eigenvalue weighted by Crippen LogP contribution is 2.28. The Morgan fingerprint density at radius 3 is 2.46 bits per heavy atom. The molecule has 128 valence electrons. The van der Waals surface area contributed by atoms with Crippen molar-refractivity contribution in [2.75, 3.05) is 25.1 Å². The van der Waals surface area contributed by atoms with E-state index in [1.54, 1.807) is 24.3 Å². The summed E-state index contributed by atoms with van der Waals surface area (Å²) in [5, 5.41) is 21.0. The molecule has 0 aromatic heterocycles. The molecule has 0 saturated heterocycles. The largest absolute Gasteiger partial charge is 0.490 e. The lowest BCUT2D eigenvalue weighted by Gasteiger charge is -2.13. The smallest absolute Gasteiger partial charge is 0.335 e. The van der Waals surface area contributed by atoms with Crippen LogP contribution in [0.4, 0.5) is 5.69 Å². The molecule has 2 aromatic rings. The number of hydrogen-bond donors (Lipinski definition) is 3. The minimum atomic E-state index is -0.943. The van der Waals surface area contributed by atoms with Crippen LogP contribution in [0, 0.1) is 0 Å². The van der Waals surface area contributed by atoms with Gasteiger partial charge in [0.1, 0.15) is 6.61 Å².